The summed E-state index contributed by atoms with van der Waals surface area (Å²) in [6, 6.07) is 7.20. The highest BCUT2D eigenvalue weighted by molar-refractivity contribution is 7.80. The van der Waals surface area contributed by atoms with Gasteiger partial charge < -0.3 is 10.1 Å². The molecule has 1 aliphatic rings. The van der Waals surface area contributed by atoms with E-state index < -0.39 is 0 Å². The van der Waals surface area contributed by atoms with Crippen LogP contribution in [0.25, 0.3) is 0 Å². The second-order valence-corrected chi connectivity index (χ2v) is 8.00. The molecule has 1 aliphatic carbocycles. The molecule has 2 aromatic rings. The maximum absolute atomic E-state index is 12.4. The third-order valence-electron chi connectivity index (χ3n) is 4.71. The fraction of sp³-hybridized carbons (Fsp3) is 0.400. The standard InChI is InChI=1S/C20H21ClN4O2S/c1-12(28)18-10-24-19(11-23-18)20(26)25-14-3-6-15(7-4-14)27-16-5-2-13(9-22)17(21)8-16/h2,5,8,10-12,14-15,28H,3-4,6-7H2,1H3,(H,25,26)/t12?,14-,15-. The number of carbonyl (C=O) groups is 1. The first-order chi connectivity index (χ1) is 13.5. The molecule has 146 valence electrons. The molecular weight excluding hydrogens is 396 g/mol. The molecule has 1 aromatic heterocycles. The van der Waals surface area contributed by atoms with E-state index in [-0.39, 0.29) is 23.3 Å². The highest BCUT2D eigenvalue weighted by Gasteiger charge is 2.24. The number of benzene rings is 1. The van der Waals surface area contributed by atoms with Crippen LogP contribution in [0.1, 0.15) is 59.6 Å². The number of nitrogens with zero attached hydrogens (tertiary/aromatic N) is 3. The number of hydrogen-bond acceptors (Lipinski definition) is 6. The van der Waals surface area contributed by atoms with Gasteiger partial charge in [-0.05, 0) is 44.7 Å². The molecule has 1 fully saturated rings. The third kappa shape index (κ3) is 5.15. The number of rotatable bonds is 5. The first-order valence-electron chi connectivity index (χ1n) is 9.13. The predicted molar refractivity (Wildman–Crippen MR) is 110 cm³/mol. The van der Waals surface area contributed by atoms with Crippen LogP contribution in [0.3, 0.4) is 0 Å². The van der Waals surface area contributed by atoms with Gasteiger partial charge in [0.1, 0.15) is 17.5 Å². The number of ether oxygens (including phenoxy) is 1. The van der Waals surface area contributed by atoms with Crippen molar-refractivity contribution >= 4 is 30.1 Å². The average molecular weight is 417 g/mol. The molecule has 1 aromatic carbocycles. The summed E-state index contributed by atoms with van der Waals surface area (Å²) in [6.45, 7) is 1.90. The van der Waals surface area contributed by atoms with Gasteiger partial charge in [0.05, 0.1) is 34.8 Å². The Morgan fingerprint density at radius 2 is 2.07 bits per heavy atom. The van der Waals surface area contributed by atoms with Crippen molar-refractivity contribution in [1.29, 1.82) is 5.26 Å². The Labute approximate surface area is 174 Å². The van der Waals surface area contributed by atoms with E-state index in [1.165, 1.54) is 6.20 Å². The van der Waals surface area contributed by atoms with Crippen molar-refractivity contribution < 1.29 is 9.53 Å². The van der Waals surface area contributed by atoms with Crippen molar-refractivity contribution in [3.05, 3.63) is 52.6 Å². The van der Waals surface area contributed by atoms with Crippen molar-refractivity contribution in [2.75, 3.05) is 0 Å². The number of thiol groups is 1. The summed E-state index contributed by atoms with van der Waals surface area (Å²) in [5.41, 5.74) is 1.48. The summed E-state index contributed by atoms with van der Waals surface area (Å²) in [5, 5.41) is 12.3. The minimum Gasteiger partial charge on any atom is -0.490 e. The lowest BCUT2D eigenvalue weighted by atomic mass is 9.93. The highest BCUT2D eigenvalue weighted by Crippen LogP contribution is 2.27. The minimum atomic E-state index is -0.214. The topological polar surface area (TPSA) is 87.9 Å². The summed E-state index contributed by atoms with van der Waals surface area (Å²) >= 11 is 10.4. The van der Waals surface area contributed by atoms with Gasteiger partial charge in [0, 0.05) is 17.4 Å². The second-order valence-electron chi connectivity index (χ2n) is 6.82. The molecule has 28 heavy (non-hydrogen) atoms. The Morgan fingerprint density at radius 3 is 2.64 bits per heavy atom. The smallest absolute Gasteiger partial charge is 0.271 e. The summed E-state index contributed by atoms with van der Waals surface area (Å²) in [6.07, 6.45) is 6.42. The van der Waals surface area contributed by atoms with E-state index in [1.54, 1.807) is 24.4 Å². The Balaban J connectivity index is 1.49. The molecule has 0 saturated heterocycles. The lowest BCUT2D eigenvalue weighted by molar-refractivity contribution is 0.0888. The number of carbonyl (C=O) groups excluding carboxylic acids is 1. The van der Waals surface area contributed by atoms with Crippen LogP contribution < -0.4 is 10.1 Å². The predicted octanol–water partition coefficient (Wildman–Crippen LogP) is 4.11. The number of aromatic nitrogens is 2. The molecule has 1 saturated carbocycles. The van der Waals surface area contributed by atoms with E-state index in [9.17, 15) is 4.79 Å². The Bertz CT molecular complexity index is 875. The number of amides is 1. The number of hydrogen-bond donors (Lipinski definition) is 2. The number of nitrogens with one attached hydrogen (secondary N) is 1. The molecule has 1 unspecified atom stereocenters. The van der Waals surface area contributed by atoms with E-state index in [4.69, 9.17) is 21.6 Å². The molecule has 8 heteroatoms. The van der Waals surface area contributed by atoms with Gasteiger partial charge in [-0.3, -0.25) is 9.78 Å². The first kappa shape index (κ1) is 20.4. The Hall–Kier alpha value is -2.30. The Morgan fingerprint density at radius 1 is 1.32 bits per heavy atom. The third-order valence-corrected chi connectivity index (χ3v) is 5.28. The normalized spacial score (nSPS) is 20.1. The first-order valence-corrected chi connectivity index (χ1v) is 10.0. The van der Waals surface area contributed by atoms with Crippen LogP contribution in [0.4, 0.5) is 0 Å². The average Bonchev–Trinajstić information content (AvgIpc) is 2.69. The van der Waals surface area contributed by atoms with Gasteiger partial charge in [-0.1, -0.05) is 11.6 Å². The monoisotopic (exact) mass is 416 g/mol. The molecule has 1 atom stereocenters. The molecule has 6 nitrogen and oxygen atoms in total. The molecule has 1 amide bonds. The molecule has 0 spiro atoms. The van der Waals surface area contributed by atoms with Gasteiger partial charge >= 0.3 is 0 Å². The maximum Gasteiger partial charge on any atom is 0.271 e. The fourth-order valence-corrected chi connectivity index (χ4v) is 3.45. The van der Waals surface area contributed by atoms with Gasteiger partial charge in [-0.2, -0.15) is 17.9 Å². The zero-order chi connectivity index (χ0) is 20.1. The zero-order valence-electron chi connectivity index (χ0n) is 15.4. The Kier molecular flexibility index (Phi) is 6.76. The highest BCUT2D eigenvalue weighted by atomic mass is 35.5. The van der Waals surface area contributed by atoms with Crippen molar-refractivity contribution in [3.63, 3.8) is 0 Å². The quantitative estimate of drug-likeness (QED) is 0.716. The molecule has 0 bridgehead atoms. The van der Waals surface area contributed by atoms with Gasteiger partial charge in [0.2, 0.25) is 0 Å². The summed E-state index contributed by atoms with van der Waals surface area (Å²) in [5.74, 6) is 0.444. The number of halogens is 1. The van der Waals surface area contributed by atoms with Gasteiger partial charge in [-0.25, -0.2) is 4.98 Å². The van der Waals surface area contributed by atoms with Crippen LogP contribution >= 0.6 is 24.2 Å². The summed E-state index contributed by atoms with van der Waals surface area (Å²) in [4.78, 5) is 20.8. The van der Waals surface area contributed by atoms with E-state index in [2.05, 4.69) is 27.9 Å². The van der Waals surface area contributed by atoms with Crippen molar-refractivity contribution in [2.45, 2.75) is 50.0 Å². The van der Waals surface area contributed by atoms with Crippen LogP contribution in [0.15, 0.2) is 30.6 Å². The fourth-order valence-electron chi connectivity index (χ4n) is 3.11. The van der Waals surface area contributed by atoms with Crippen LogP contribution in [0.2, 0.25) is 5.02 Å². The van der Waals surface area contributed by atoms with E-state index in [1.807, 2.05) is 13.0 Å². The zero-order valence-corrected chi connectivity index (χ0v) is 17.1. The SMILES string of the molecule is CC(S)c1cnc(C(=O)N[C@H]2CC[C@H](Oc3ccc(C#N)c(Cl)c3)CC2)cn1. The molecule has 1 N–H and O–H groups in total. The summed E-state index contributed by atoms with van der Waals surface area (Å²) in [7, 11) is 0. The van der Waals surface area contributed by atoms with E-state index >= 15 is 0 Å². The largest absolute Gasteiger partial charge is 0.490 e. The van der Waals surface area contributed by atoms with E-state index in [0.29, 0.717) is 22.0 Å². The molecule has 0 radical (unpaired) electrons. The van der Waals surface area contributed by atoms with Gasteiger partial charge in [0.15, 0.2) is 0 Å². The van der Waals surface area contributed by atoms with Crippen LogP contribution in [-0.2, 0) is 0 Å². The van der Waals surface area contributed by atoms with Gasteiger partial charge in [-0.15, -0.1) is 0 Å². The minimum absolute atomic E-state index is 0.0223. The maximum atomic E-state index is 12.4. The number of nitriles is 1. The molecule has 1 heterocycles. The lowest BCUT2D eigenvalue weighted by Gasteiger charge is -2.29. The molecular formula is C20H21ClN4O2S. The molecule has 0 aliphatic heterocycles. The summed E-state index contributed by atoms with van der Waals surface area (Å²) < 4.78 is 5.97. The van der Waals surface area contributed by atoms with Crippen LogP contribution in [-0.4, -0.2) is 28.0 Å². The second kappa shape index (κ2) is 9.26. The van der Waals surface area contributed by atoms with E-state index in [0.717, 1.165) is 31.4 Å². The molecule has 3 rings (SSSR count). The van der Waals surface area contributed by atoms with Crippen LogP contribution in [0.5, 0.6) is 5.75 Å². The van der Waals surface area contributed by atoms with Crippen LogP contribution in [0, 0.1) is 11.3 Å². The van der Waals surface area contributed by atoms with Crippen molar-refractivity contribution in [3.8, 4) is 11.8 Å². The van der Waals surface area contributed by atoms with Gasteiger partial charge in [0.25, 0.3) is 5.91 Å². The van der Waals surface area contributed by atoms with Crippen molar-refractivity contribution in [1.82, 2.24) is 15.3 Å². The lowest BCUT2D eigenvalue weighted by Crippen LogP contribution is -2.40. The van der Waals surface area contributed by atoms with Crippen molar-refractivity contribution in [2.24, 2.45) is 0 Å².